The van der Waals surface area contributed by atoms with E-state index in [1.807, 2.05) is 42.5 Å². The molecule has 6 nitrogen and oxygen atoms in total. The van der Waals surface area contributed by atoms with Crippen LogP contribution in [-0.2, 0) is 9.53 Å². The molecule has 0 unspecified atom stereocenters. The summed E-state index contributed by atoms with van der Waals surface area (Å²) in [6.45, 7) is 1.77. The van der Waals surface area contributed by atoms with Crippen molar-refractivity contribution in [3.8, 4) is 27.7 Å². The van der Waals surface area contributed by atoms with Crippen molar-refractivity contribution in [1.29, 1.82) is 0 Å². The molecule has 7 heteroatoms. The van der Waals surface area contributed by atoms with Gasteiger partial charge in [-0.25, -0.2) is 0 Å². The highest BCUT2D eigenvalue weighted by Gasteiger charge is 2.22. The molecule has 0 amide bonds. The zero-order chi connectivity index (χ0) is 24.1. The first-order valence-electron chi connectivity index (χ1n) is 10.7. The minimum absolute atomic E-state index is 0.0753. The quantitative estimate of drug-likeness (QED) is 0.174. The van der Waals surface area contributed by atoms with Crippen LogP contribution in [0.5, 0.6) is 17.2 Å². The summed E-state index contributed by atoms with van der Waals surface area (Å²) < 4.78 is 22.1. The number of ketones is 1. The van der Waals surface area contributed by atoms with Gasteiger partial charge < -0.3 is 18.9 Å². The number of benzene rings is 3. The topological polar surface area (TPSA) is 71.1 Å². The lowest BCUT2D eigenvalue weighted by Gasteiger charge is -2.09. The maximum absolute atomic E-state index is 13.7. The molecule has 174 valence electrons. The van der Waals surface area contributed by atoms with Crippen molar-refractivity contribution < 1.29 is 28.5 Å². The Balaban J connectivity index is 1.67. The third-order valence-corrected chi connectivity index (χ3v) is 6.45. The minimum Gasteiger partial charge on any atom is -0.497 e. The summed E-state index contributed by atoms with van der Waals surface area (Å²) in [4.78, 5) is 25.4. The van der Waals surface area contributed by atoms with Crippen molar-refractivity contribution in [3.63, 3.8) is 0 Å². The van der Waals surface area contributed by atoms with E-state index < -0.39 is 0 Å². The highest BCUT2D eigenvalue weighted by atomic mass is 32.1. The summed E-state index contributed by atoms with van der Waals surface area (Å²) in [5.41, 5.74) is 2.14. The standard InChI is InChI=1S/C27H24O6S/c1-17(28)32-14-15-33-21-10-4-18(5-11-21)26(29)25-23-13-12-22(31-3)16-24(23)34-27(25)19-6-8-20(30-2)9-7-19/h4-13,16H,14-15H2,1-3H3. The van der Waals surface area contributed by atoms with E-state index in [0.29, 0.717) is 16.9 Å². The molecular weight excluding hydrogens is 452 g/mol. The van der Waals surface area contributed by atoms with Gasteiger partial charge in [0.1, 0.15) is 30.5 Å². The Morgan fingerprint density at radius 3 is 2.09 bits per heavy atom. The molecule has 1 heterocycles. The largest absolute Gasteiger partial charge is 0.497 e. The van der Waals surface area contributed by atoms with Crippen LogP contribution in [0, 0.1) is 0 Å². The van der Waals surface area contributed by atoms with Gasteiger partial charge in [0.15, 0.2) is 5.78 Å². The maximum atomic E-state index is 13.7. The van der Waals surface area contributed by atoms with E-state index in [4.69, 9.17) is 18.9 Å². The second kappa shape index (κ2) is 10.4. The third kappa shape index (κ3) is 5.05. The van der Waals surface area contributed by atoms with E-state index in [-0.39, 0.29) is 25.0 Å². The van der Waals surface area contributed by atoms with Crippen molar-refractivity contribution in [2.75, 3.05) is 27.4 Å². The van der Waals surface area contributed by atoms with Crippen molar-refractivity contribution in [2.45, 2.75) is 6.92 Å². The first-order chi connectivity index (χ1) is 16.5. The highest BCUT2D eigenvalue weighted by Crippen LogP contribution is 2.41. The van der Waals surface area contributed by atoms with Gasteiger partial charge in [0, 0.05) is 33.0 Å². The second-order valence-corrected chi connectivity index (χ2v) is 8.49. The maximum Gasteiger partial charge on any atom is 0.302 e. The van der Waals surface area contributed by atoms with Crippen LogP contribution in [0.1, 0.15) is 22.8 Å². The molecule has 0 aliphatic carbocycles. The van der Waals surface area contributed by atoms with Gasteiger partial charge in [-0.2, -0.15) is 0 Å². The summed E-state index contributed by atoms with van der Waals surface area (Å²) in [5.74, 6) is 1.67. The zero-order valence-electron chi connectivity index (χ0n) is 19.1. The number of rotatable bonds is 9. The van der Waals surface area contributed by atoms with Gasteiger partial charge in [-0.3, -0.25) is 9.59 Å². The fraction of sp³-hybridized carbons (Fsp3) is 0.185. The number of ether oxygens (including phenoxy) is 4. The van der Waals surface area contributed by atoms with Gasteiger partial charge in [-0.15, -0.1) is 11.3 Å². The van der Waals surface area contributed by atoms with E-state index >= 15 is 0 Å². The van der Waals surface area contributed by atoms with Crippen LogP contribution in [0.25, 0.3) is 20.5 Å². The van der Waals surface area contributed by atoms with Crippen LogP contribution in [-0.4, -0.2) is 39.2 Å². The SMILES string of the molecule is COc1ccc(-c2sc3cc(OC)ccc3c2C(=O)c2ccc(OCCOC(C)=O)cc2)cc1. The molecule has 4 rings (SSSR count). The Hall–Kier alpha value is -3.84. The zero-order valence-corrected chi connectivity index (χ0v) is 19.9. The van der Waals surface area contributed by atoms with Crippen LogP contribution in [0.2, 0.25) is 0 Å². The van der Waals surface area contributed by atoms with Crippen molar-refractivity contribution >= 4 is 33.2 Å². The fourth-order valence-electron chi connectivity index (χ4n) is 3.57. The summed E-state index contributed by atoms with van der Waals surface area (Å²) >= 11 is 1.55. The van der Waals surface area contributed by atoms with Gasteiger partial charge >= 0.3 is 5.97 Å². The van der Waals surface area contributed by atoms with Crippen LogP contribution in [0.3, 0.4) is 0 Å². The second-order valence-electron chi connectivity index (χ2n) is 7.44. The molecule has 1 aromatic heterocycles. The molecule has 0 saturated heterocycles. The molecule has 0 aliphatic rings. The molecule has 0 atom stereocenters. The lowest BCUT2D eigenvalue weighted by Crippen LogP contribution is -2.09. The average Bonchev–Trinajstić information content (AvgIpc) is 3.25. The summed E-state index contributed by atoms with van der Waals surface area (Å²) in [5, 5.41) is 0.878. The Kier molecular flexibility index (Phi) is 7.13. The van der Waals surface area contributed by atoms with Crippen molar-refractivity contribution in [3.05, 3.63) is 77.9 Å². The third-order valence-electron chi connectivity index (χ3n) is 5.25. The highest BCUT2D eigenvalue weighted by molar-refractivity contribution is 7.22. The first-order valence-corrected chi connectivity index (χ1v) is 11.5. The summed E-state index contributed by atoms with van der Waals surface area (Å²) in [7, 11) is 3.25. The minimum atomic E-state index is -0.349. The van der Waals surface area contributed by atoms with E-state index in [1.165, 1.54) is 6.92 Å². The fourth-order valence-corrected chi connectivity index (χ4v) is 4.80. The number of carbonyl (C=O) groups excluding carboxylic acids is 2. The van der Waals surface area contributed by atoms with Crippen LogP contribution >= 0.6 is 11.3 Å². The van der Waals surface area contributed by atoms with E-state index in [2.05, 4.69) is 0 Å². The molecule has 0 bridgehead atoms. The first kappa shape index (κ1) is 23.3. The number of methoxy groups -OCH3 is 2. The Bertz CT molecular complexity index is 1310. The number of hydrogen-bond donors (Lipinski definition) is 0. The predicted molar refractivity (Wildman–Crippen MR) is 132 cm³/mol. The van der Waals surface area contributed by atoms with Crippen molar-refractivity contribution in [1.82, 2.24) is 0 Å². The number of thiophene rings is 1. The van der Waals surface area contributed by atoms with Gasteiger partial charge in [0.05, 0.1) is 14.2 Å². The average molecular weight is 477 g/mol. The van der Waals surface area contributed by atoms with Crippen LogP contribution in [0.15, 0.2) is 66.7 Å². The lowest BCUT2D eigenvalue weighted by molar-refractivity contribution is -0.141. The van der Waals surface area contributed by atoms with E-state index in [9.17, 15) is 9.59 Å². The van der Waals surface area contributed by atoms with E-state index in [0.717, 1.165) is 32.0 Å². The van der Waals surface area contributed by atoms with Gasteiger partial charge in [-0.1, -0.05) is 0 Å². The Morgan fingerprint density at radius 1 is 0.794 bits per heavy atom. The van der Waals surface area contributed by atoms with Gasteiger partial charge in [0.25, 0.3) is 0 Å². The van der Waals surface area contributed by atoms with E-state index in [1.54, 1.807) is 49.8 Å². The molecular formula is C27H24O6S. The number of hydrogen-bond acceptors (Lipinski definition) is 7. The Labute approximate surface area is 201 Å². The molecule has 0 N–H and O–H groups in total. The monoisotopic (exact) mass is 476 g/mol. The number of esters is 1. The lowest BCUT2D eigenvalue weighted by atomic mass is 9.97. The molecule has 34 heavy (non-hydrogen) atoms. The molecule has 0 saturated carbocycles. The van der Waals surface area contributed by atoms with Crippen LogP contribution in [0.4, 0.5) is 0 Å². The van der Waals surface area contributed by atoms with Crippen LogP contribution < -0.4 is 14.2 Å². The summed E-state index contributed by atoms with van der Waals surface area (Å²) in [6, 6.07) is 20.4. The summed E-state index contributed by atoms with van der Waals surface area (Å²) in [6.07, 6.45) is 0. The molecule has 0 aliphatic heterocycles. The number of carbonyl (C=O) groups is 2. The van der Waals surface area contributed by atoms with Gasteiger partial charge in [0.2, 0.25) is 0 Å². The smallest absolute Gasteiger partial charge is 0.302 e. The molecule has 0 spiro atoms. The van der Waals surface area contributed by atoms with Gasteiger partial charge in [-0.05, 0) is 72.3 Å². The molecule has 0 fully saturated rings. The normalized spacial score (nSPS) is 10.7. The Morgan fingerprint density at radius 2 is 1.44 bits per heavy atom. The van der Waals surface area contributed by atoms with Crippen molar-refractivity contribution in [2.24, 2.45) is 0 Å². The molecule has 3 aromatic carbocycles. The molecule has 0 radical (unpaired) electrons. The predicted octanol–water partition coefficient (Wildman–Crippen LogP) is 5.76. The number of fused-ring (bicyclic) bond motifs is 1. The molecule has 4 aromatic rings.